The van der Waals surface area contributed by atoms with E-state index in [0.717, 1.165) is 16.9 Å². The van der Waals surface area contributed by atoms with E-state index in [1.165, 1.54) is 0 Å². The Hall–Kier alpha value is -3.37. The molecule has 0 aliphatic heterocycles. The Bertz CT molecular complexity index is 997. The molecule has 0 unspecified atom stereocenters. The number of rotatable bonds is 6. The maximum absolute atomic E-state index is 12.4. The van der Waals surface area contributed by atoms with Crippen LogP contribution in [0.2, 0.25) is 5.02 Å². The van der Waals surface area contributed by atoms with Crippen molar-refractivity contribution >= 4 is 29.3 Å². The van der Waals surface area contributed by atoms with Crippen LogP contribution in [-0.4, -0.2) is 18.7 Å². The van der Waals surface area contributed by atoms with Crippen molar-refractivity contribution in [2.75, 3.05) is 7.11 Å². The molecule has 3 aromatic carbocycles. The molecule has 28 heavy (non-hydrogen) atoms. The van der Waals surface area contributed by atoms with Crippen LogP contribution in [0.1, 0.15) is 21.5 Å². The van der Waals surface area contributed by atoms with E-state index in [-0.39, 0.29) is 5.91 Å². The standard InChI is InChI=1S/C23H19ClN2O2/c1-28-19-14-11-17(12-15-19)13-16-22(18-7-3-2-4-8-18)25-26-23(27)20-9-5-6-10-21(20)24/h2-16H,1H3,(H,26,27)/b16-13+,25-22-. The van der Waals surface area contributed by atoms with E-state index in [1.54, 1.807) is 31.4 Å². The number of hydrogen-bond donors (Lipinski definition) is 1. The molecule has 0 aliphatic rings. The Morgan fingerprint density at radius 1 is 0.964 bits per heavy atom. The van der Waals surface area contributed by atoms with E-state index < -0.39 is 0 Å². The highest BCUT2D eigenvalue weighted by Crippen LogP contribution is 2.15. The molecule has 0 aliphatic carbocycles. The summed E-state index contributed by atoms with van der Waals surface area (Å²) >= 11 is 6.08. The zero-order valence-electron chi connectivity index (χ0n) is 15.3. The first-order valence-electron chi connectivity index (χ1n) is 8.67. The molecule has 0 atom stereocenters. The molecule has 3 rings (SSSR count). The Morgan fingerprint density at radius 2 is 1.64 bits per heavy atom. The summed E-state index contributed by atoms with van der Waals surface area (Å²) in [4.78, 5) is 12.4. The van der Waals surface area contributed by atoms with Gasteiger partial charge in [-0.3, -0.25) is 4.79 Å². The highest BCUT2D eigenvalue weighted by atomic mass is 35.5. The Morgan fingerprint density at radius 3 is 2.32 bits per heavy atom. The van der Waals surface area contributed by atoms with Crippen molar-refractivity contribution in [3.63, 3.8) is 0 Å². The summed E-state index contributed by atoms with van der Waals surface area (Å²) in [6, 6.07) is 24.1. The summed E-state index contributed by atoms with van der Waals surface area (Å²) in [6.07, 6.45) is 3.77. The van der Waals surface area contributed by atoms with Gasteiger partial charge in [0, 0.05) is 5.56 Å². The lowest BCUT2D eigenvalue weighted by Gasteiger charge is -2.05. The van der Waals surface area contributed by atoms with E-state index in [0.29, 0.717) is 16.3 Å². The van der Waals surface area contributed by atoms with Gasteiger partial charge in [0.05, 0.1) is 23.4 Å². The monoisotopic (exact) mass is 390 g/mol. The zero-order chi connectivity index (χ0) is 19.8. The maximum atomic E-state index is 12.4. The molecule has 1 N–H and O–H groups in total. The number of nitrogens with zero attached hydrogens (tertiary/aromatic N) is 1. The molecule has 140 valence electrons. The summed E-state index contributed by atoms with van der Waals surface area (Å²) in [6.45, 7) is 0. The van der Waals surface area contributed by atoms with Gasteiger partial charge in [-0.1, -0.05) is 72.3 Å². The van der Waals surface area contributed by atoms with Crippen molar-refractivity contribution in [1.29, 1.82) is 0 Å². The van der Waals surface area contributed by atoms with Gasteiger partial charge in [0.15, 0.2) is 0 Å². The topological polar surface area (TPSA) is 50.7 Å². The van der Waals surface area contributed by atoms with Gasteiger partial charge >= 0.3 is 0 Å². The number of ether oxygens (including phenoxy) is 1. The quantitative estimate of drug-likeness (QED) is 0.464. The predicted octanol–water partition coefficient (Wildman–Crippen LogP) is 5.20. The minimum atomic E-state index is -0.364. The van der Waals surface area contributed by atoms with Crippen LogP contribution in [0.3, 0.4) is 0 Å². The van der Waals surface area contributed by atoms with E-state index in [2.05, 4.69) is 10.5 Å². The van der Waals surface area contributed by atoms with Gasteiger partial charge in [-0.2, -0.15) is 5.10 Å². The molecular weight excluding hydrogens is 372 g/mol. The van der Waals surface area contributed by atoms with Gasteiger partial charge in [-0.05, 0) is 35.9 Å². The molecular formula is C23H19ClN2O2. The first kappa shape index (κ1) is 19.4. The second kappa shape index (κ2) is 9.53. The fraction of sp³-hybridized carbons (Fsp3) is 0.0435. The summed E-state index contributed by atoms with van der Waals surface area (Å²) in [5.74, 6) is 0.429. The predicted molar refractivity (Wildman–Crippen MR) is 114 cm³/mol. The van der Waals surface area contributed by atoms with Gasteiger partial charge in [0.2, 0.25) is 0 Å². The van der Waals surface area contributed by atoms with Gasteiger partial charge in [0.25, 0.3) is 5.91 Å². The van der Waals surface area contributed by atoms with Crippen LogP contribution in [0, 0.1) is 0 Å². The zero-order valence-corrected chi connectivity index (χ0v) is 16.1. The second-order valence-corrected chi connectivity index (χ2v) is 6.30. The highest BCUT2D eigenvalue weighted by Gasteiger charge is 2.09. The molecule has 0 saturated carbocycles. The van der Waals surface area contributed by atoms with Crippen LogP contribution < -0.4 is 10.2 Å². The number of benzene rings is 3. The fourth-order valence-corrected chi connectivity index (χ4v) is 2.74. The lowest BCUT2D eigenvalue weighted by atomic mass is 10.1. The molecule has 1 amide bonds. The SMILES string of the molecule is COc1ccc(/C=C/C(=N/NC(=O)c2ccccc2Cl)c2ccccc2)cc1. The van der Waals surface area contributed by atoms with Crippen molar-refractivity contribution in [3.05, 3.63) is 107 Å². The third-order valence-electron chi connectivity index (χ3n) is 4.02. The number of methoxy groups -OCH3 is 1. The molecule has 0 aromatic heterocycles. The van der Waals surface area contributed by atoms with Crippen LogP contribution in [0.25, 0.3) is 6.08 Å². The first-order chi connectivity index (χ1) is 13.7. The average molecular weight is 391 g/mol. The largest absolute Gasteiger partial charge is 0.497 e. The average Bonchev–Trinajstić information content (AvgIpc) is 2.75. The van der Waals surface area contributed by atoms with Crippen LogP contribution in [0.15, 0.2) is 90.0 Å². The lowest BCUT2D eigenvalue weighted by Crippen LogP contribution is -2.20. The van der Waals surface area contributed by atoms with Gasteiger partial charge < -0.3 is 4.74 Å². The second-order valence-electron chi connectivity index (χ2n) is 5.89. The van der Waals surface area contributed by atoms with E-state index >= 15 is 0 Å². The molecule has 5 heteroatoms. The Kier molecular flexibility index (Phi) is 6.60. The molecule has 0 saturated heterocycles. The molecule has 0 radical (unpaired) electrons. The molecule has 0 heterocycles. The molecule has 0 spiro atoms. The number of amides is 1. The third kappa shape index (κ3) is 5.09. The van der Waals surface area contributed by atoms with Gasteiger partial charge in [-0.25, -0.2) is 5.43 Å². The number of hydrazone groups is 1. The van der Waals surface area contributed by atoms with Gasteiger partial charge in [0.1, 0.15) is 5.75 Å². The molecule has 0 fully saturated rings. The minimum absolute atomic E-state index is 0.364. The van der Waals surface area contributed by atoms with Crippen molar-refractivity contribution in [1.82, 2.24) is 5.43 Å². The lowest BCUT2D eigenvalue weighted by molar-refractivity contribution is 0.0955. The first-order valence-corrected chi connectivity index (χ1v) is 9.05. The van der Waals surface area contributed by atoms with Crippen LogP contribution in [-0.2, 0) is 0 Å². The maximum Gasteiger partial charge on any atom is 0.272 e. The molecule has 3 aromatic rings. The third-order valence-corrected chi connectivity index (χ3v) is 4.34. The van der Waals surface area contributed by atoms with Crippen molar-refractivity contribution in [2.45, 2.75) is 0 Å². The van der Waals surface area contributed by atoms with E-state index in [9.17, 15) is 4.79 Å². The summed E-state index contributed by atoms with van der Waals surface area (Å²) in [7, 11) is 1.63. The number of nitrogens with one attached hydrogen (secondary N) is 1. The van der Waals surface area contributed by atoms with Crippen molar-refractivity contribution in [2.24, 2.45) is 5.10 Å². The van der Waals surface area contributed by atoms with E-state index in [1.807, 2.05) is 66.7 Å². The number of carbonyl (C=O) groups excluding carboxylic acids is 1. The van der Waals surface area contributed by atoms with Crippen LogP contribution >= 0.6 is 11.6 Å². The minimum Gasteiger partial charge on any atom is -0.497 e. The number of allylic oxidation sites excluding steroid dienone is 1. The number of hydrogen-bond acceptors (Lipinski definition) is 3. The highest BCUT2D eigenvalue weighted by molar-refractivity contribution is 6.33. The number of carbonyl (C=O) groups is 1. The Balaban J connectivity index is 1.84. The van der Waals surface area contributed by atoms with Crippen LogP contribution in [0.5, 0.6) is 5.75 Å². The van der Waals surface area contributed by atoms with Crippen molar-refractivity contribution in [3.8, 4) is 5.75 Å². The number of halogens is 1. The van der Waals surface area contributed by atoms with Crippen LogP contribution in [0.4, 0.5) is 0 Å². The normalized spacial score (nSPS) is 11.4. The smallest absolute Gasteiger partial charge is 0.272 e. The summed E-state index contributed by atoms with van der Waals surface area (Å²) in [5, 5.41) is 4.69. The molecule has 0 bridgehead atoms. The fourth-order valence-electron chi connectivity index (χ4n) is 2.51. The summed E-state index contributed by atoms with van der Waals surface area (Å²) in [5.41, 5.74) is 5.45. The van der Waals surface area contributed by atoms with Gasteiger partial charge in [-0.15, -0.1) is 0 Å². The summed E-state index contributed by atoms with van der Waals surface area (Å²) < 4.78 is 5.17. The van der Waals surface area contributed by atoms with E-state index in [4.69, 9.17) is 16.3 Å². The molecule has 4 nitrogen and oxygen atoms in total. The van der Waals surface area contributed by atoms with Crippen molar-refractivity contribution < 1.29 is 9.53 Å². The Labute approximate surface area is 169 Å².